The molecule has 1 aliphatic carbocycles. The van der Waals surface area contributed by atoms with Crippen LogP contribution in [-0.2, 0) is 16.9 Å². The van der Waals surface area contributed by atoms with Crippen LogP contribution in [0.15, 0.2) is 41.3 Å². The van der Waals surface area contributed by atoms with Crippen molar-refractivity contribution in [1.82, 2.24) is 19.4 Å². The summed E-state index contributed by atoms with van der Waals surface area (Å²) in [6.45, 7) is 8.11. The molecule has 6 rings (SSSR count). The maximum Gasteiger partial charge on any atom is 0.175 e. The average molecular weight is 567 g/mol. The van der Waals surface area contributed by atoms with Crippen LogP contribution in [0.2, 0.25) is 0 Å². The van der Waals surface area contributed by atoms with Crippen LogP contribution in [0, 0.1) is 11.7 Å². The Labute approximate surface area is 238 Å². The van der Waals surface area contributed by atoms with Gasteiger partial charge in [-0.2, -0.15) is 0 Å². The van der Waals surface area contributed by atoms with Gasteiger partial charge in [0.15, 0.2) is 15.7 Å². The predicted octanol–water partition coefficient (Wildman–Crippen LogP) is 6.00. The van der Waals surface area contributed by atoms with Gasteiger partial charge in [-0.25, -0.2) is 17.8 Å². The summed E-state index contributed by atoms with van der Waals surface area (Å²) in [5, 5.41) is 0. The Morgan fingerprint density at radius 3 is 2.33 bits per heavy atom. The van der Waals surface area contributed by atoms with Gasteiger partial charge in [0.2, 0.25) is 0 Å². The lowest BCUT2D eigenvalue weighted by Gasteiger charge is -2.48. The van der Waals surface area contributed by atoms with E-state index in [0.717, 1.165) is 48.5 Å². The van der Waals surface area contributed by atoms with E-state index in [1.165, 1.54) is 44.9 Å². The van der Waals surface area contributed by atoms with Crippen LogP contribution in [0.25, 0.3) is 22.4 Å². The lowest BCUT2D eigenvalue weighted by atomic mass is 9.85. The number of aromatic nitrogens is 2. The second-order valence-corrected chi connectivity index (χ2v) is 14.6. The molecule has 1 aromatic heterocycles. The summed E-state index contributed by atoms with van der Waals surface area (Å²) < 4.78 is 41.5. The number of fused-ring (bicyclic) bond motifs is 1. The number of hydrogen-bond donors (Lipinski definition) is 0. The van der Waals surface area contributed by atoms with Gasteiger partial charge in [-0.15, -0.1) is 0 Å². The average Bonchev–Trinajstić information content (AvgIpc) is 3.70. The zero-order valence-electron chi connectivity index (χ0n) is 24.3. The Hall–Kier alpha value is -2.29. The van der Waals surface area contributed by atoms with Crippen LogP contribution in [-0.4, -0.2) is 71.8 Å². The topological polar surface area (TPSA) is 58.4 Å². The van der Waals surface area contributed by atoms with Crippen LogP contribution in [0.4, 0.5) is 4.39 Å². The fourth-order valence-corrected chi connectivity index (χ4v) is 7.93. The molecule has 3 unspecified atom stereocenters. The van der Waals surface area contributed by atoms with Crippen LogP contribution in [0.1, 0.15) is 70.3 Å². The van der Waals surface area contributed by atoms with Gasteiger partial charge in [0, 0.05) is 43.5 Å². The second kappa shape index (κ2) is 10.8. The molecule has 3 aliphatic rings. The second-order valence-electron chi connectivity index (χ2n) is 12.6. The first-order valence-corrected chi connectivity index (χ1v) is 17.0. The fourth-order valence-electron chi connectivity index (χ4n) is 7.30. The lowest BCUT2D eigenvalue weighted by Crippen LogP contribution is -2.55. The quantitative estimate of drug-likeness (QED) is 0.351. The molecule has 6 nitrogen and oxygen atoms in total. The molecule has 2 saturated heterocycles. The number of benzene rings is 2. The van der Waals surface area contributed by atoms with E-state index < -0.39 is 9.84 Å². The van der Waals surface area contributed by atoms with E-state index in [2.05, 4.69) is 23.6 Å². The smallest absolute Gasteiger partial charge is 0.175 e. The number of piperidine rings is 2. The standard InChI is InChI=1S/C32H43FN4O2S/c1-5-25-19-26(18-21(2)37(25)20-22-6-7-22)36-16-14-23(15-17-36)28-12-13-29-31(30(28)33)34-32(35(29)3)24-8-10-27(11-9-24)40(4,38)39/h8-13,21-23,25-26H,5-7,14-20H2,1-4H3. The van der Waals surface area contributed by atoms with Crippen LogP contribution >= 0.6 is 0 Å². The third-order valence-corrected chi connectivity index (χ3v) is 11.0. The Morgan fingerprint density at radius 1 is 1.00 bits per heavy atom. The van der Waals surface area contributed by atoms with Crippen LogP contribution in [0.5, 0.6) is 0 Å². The zero-order valence-corrected chi connectivity index (χ0v) is 25.1. The maximum absolute atomic E-state index is 16.0. The van der Waals surface area contributed by atoms with Gasteiger partial charge in [0.25, 0.3) is 0 Å². The molecule has 216 valence electrons. The van der Waals surface area contributed by atoms with E-state index in [0.29, 0.717) is 29.5 Å². The number of nitrogens with zero attached hydrogens (tertiary/aromatic N) is 4. The SMILES string of the molecule is CCC1CC(N2CCC(c3ccc4c(nc(-c5ccc(S(C)(=O)=O)cc5)n4C)c3F)CC2)CC(C)N1CC1CC1. The Kier molecular flexibility index (Phi) is 7.55. The van der Waals surface area contributed by atoms with Gasteiger partial charge < -0.3 is 9.47 Å². The van der Waals surface area contributed by atoms with E-state index in [1.54, 1.807) is 24.3 Å². The van der Waals surface area contributed by atoms with E-state index in [9.17, 15) is 8.42 Å². The Morgan fingerprint density at radius 2 is 1.70 bits per heavy atom. The molecule has 0 amide bonds. The van der Waals surface area contributed by atoms with E-state index in [4.69, 9.17) is 4.98 Å². The molecular formula is C32H43FN4O2S. The van der Waals surface area contributed by atoms with Crippen molar-refractivity contribution in [3.05, 3.63) is 47.8 Å². The summed E-state index contributed by atoms with van der Waals surface area (Å²) in [6.07, 6.45) is 9.71. The van der Waals surface area contributed by atoms with Gasteiger partial charge in [-0.3, -0.25) is 4.90 Å². The first-order valence-electron chi connectivity index (χ1n) is 15.1. The number of sulfone groups is 1. The van der Waals surface area contributed by atoms with E-state index in [1.807, 2.05) is 23.7 Å². The summed E-state index contributed by atoms with van der Waals surface area (Å²) in [5.41, 5.74) is 2.69. The molecule has 0 radical (unpaired) electrons. The summed E-state index contributed by atoms with van der Waals surface area (Å²) in [5.74, 6) is 1.56. The zero-order chi connectivity index (χ0) is 28.2. The van der Waals surface area contributed by atoms with Crippen molar-refractivity contribution < 1.29 is 12.8 Å². The van der Waals surface area contributed by atoms with Gasteiger partial charge in [0.05, 0.1) is 10.4 Å². The number of hydrogen-bond acceptors (Lipinski definition) is 5. The Balaban J connectivity index is 1.16. The minimum absolute atomic E-state index is 0.203. The summed E-state index contributed by atoms with van der Waals surface area (Å²) >= 11 is 0. The van der Waals surface area contributed by atoms with Gasteiger partial charge >= 0.3 is 0 Å². The summed E-state index contributed by atoms with van der Waals surface area (Å²) in [6, 6.07) is 12.6. The van der Waals surface area contributed by atoms with E-state index in [-0.39, 0.29) is 16.6 Å². The van der Waals surface area contributed by atoms with Crippen molar-refractivity contribution >= 4 is 20.9 Å². The minimum atomic E-state index is -3.28. The molecule has 0 N–H and O–H groups in total. The van der Waals surface area contributed by atoms with Crippen molar-refractivity contribution in [2.24, 2.45) is 13.0 Å². The summed E-state index contributed by atoms with van der Waals surface area (Å²) in [4.78, 5) is 10.5. The molecule has 3 atom stereocenters. The number of likely N-dealkylation sites (tertiary alicyclic amines) is 2. The molecule has 1 saturated carbocycles. The molecule has 3 heterocycles. The largest absolute Gasteiger partial charge is 0.327 e. The van der Waals surface area contributed by atoms with Crippen molar-refractivity contribution in [1.29, 1.82) is 0 Å². The third kappa shape index (κ3) is 5.35. The molecule has 40 heavy (non-hydrogen) atoms. The molecule has 8 heteroatoms. The monoisotopic (exact) mass is 566 g/mol. The minimum Gasteiger partial charge on any atom is -0.327 e. The van der Waals surface area contributed by atoms with Gasteiger partial charge in [-0.1, -0.05) is 13.0 Å². The summed E-state index contributed by atoms with van der Waals surface area (Å²) in [7, 11) is -1.39. The molecule has 3 fully saturated rings. The molecule has 2 aliphatic heterocycles. The number of halogens is 1. The number of rotatable bonds is 7. The number of imidazole rings is 1. The van der Waals surface area contributed by atoms with Crippen LogP contribution in [0.3, 0.4) is 0 Å². The molecule has 0 bridgehead atoms. The molecule has 2 aromatic carbocycles. The fraction of sp³-hybridized carbons (Fsp3) is 0.594. The van der Waals surface area contributed by atoms with Crippen molar-refractivity contribution in [2.75, 3.05) is 25.9 Å². The maximum atomic E-state index is 16.0. The lowest BCUT2D eigenvalue weighted by molar-refractivity contribution is 0.0148. The van der Waals surface area contributed by atoms with Crippen molar-refractivity contribution in [3.8, 4) is 11.4 Å². The first kappa shape index (κ1) is 27.9. The van der Waals surface area contributed by atoms with Gasteiger partial charge in [0.1, 0.15) is 11.3 Å². The normalized spacial score (nSPS) is 25.6. The van der Waals surface area contributed by atoms with Gasteiger partial charge in [-0.05, 0) is 113 Å². The highest BCUT2D eigenvalue weighted by molar-refractivity contribution is 7.90. The van der Waals surface area contributed by atoms with Crippen molar-refractivity contribution in [3.63, 3.8) is 0 Å². The highest BCUT2D eigenvalue weighted by atomic mass is 32.2. The number of aryl methyl sites for hydroxylation is 1. The van der Waals surface area contributed by atoms with Crippen molar-refractivity contribution in [2.45, 2.75) is 87.7 Å². The predicted molar refractivity (Wildman–Crippen MR) is 159 cm³/mol. The van der Waals surface area contributed by atoms with E-state index >= 15 is 4.39 Å². The Bertz CT molecular complexity index is 1470. The third-order valence-electron chi connectivity index (χ3n) is 9.88. The van der Waals surface area contributed by atoms with Crippen LogP contribution < -0.4 is 0 Å². The molecule has 0 spiro atoms. The first-order chi connectivity index (χ1) is 19.1. The molecule has 3 aromatic rings. The highest BCUT2D eigenvalue weighted by Crippen LogP contribution is 2.39. The molecular weight excluding hydrogens is 523 g/mol. The highest BCUT2D eigenvalue weighted by Gasteiger charge is 2.38.